The highest BCUT2D eigenvalue weighted by Gasteiger charge is 2.04. The van der Waals surface area contributed by atoms with Crippen molar-refractivity contribution in [3.05, 3.63) is 12.7 Å². The molecule has 60 valence electrons. The van der Waals surface area contributed by atoms with Crippen LogP contribution in [0.5, 0.6) is 0 Å². The van der Waals surface area contributed by atoms with Crippen LogP contribution in [0.4, 0.5) is 0 Å². The zero-order valence-electron chi connectivity index (χ0n) is 6.46. The van der Waals surface area contributed by atoms with Crippen molar-refractivity contribution in [1.82, 2.24) is 5.32 Å². The van der Waals surface area contributed by atoms with Gasteiger partial charge in [-0.05, 0) is 5.92 Å². The number of terminal acetylenes is 1. The summed E-state index contributed by atoms with van der Waals surface area (Å²) in [6.07, 6.45) is 6.40. The summed E-state index contributed by atoms with van der Waals surface area (Å²) in [5.74, 6) is 1.48. The van der Waals surface area contributed by atoms with Gasteiger partial charge in [-0.25, -0.2) is 0 Å². The molecular formula is C8H11NO2. The molecule has 0 saturated heterocycles. The minimum Gasteiger partial charge on any atom is -0.382 e. The molecule has 0 aromatic carbocycles. The van der Waals surface area contributed by atoms with E-state index in [4.69, 9.17) is 11.2 Å². The molecule has 11 heavy (non-hydrogen) atoms. The number of carbonyl (C=O) groups excluding carboxylic acids is 1. The zero-order chi connectivity index (χ0) is 8.69. The SMILES string of the molecule is C#CC(=O)NC(C=C)COC. The molecule has 0 aliphatic heterocycles. The fourth-order valence-corrected chi connectivity index (χ4v) is 0.558. The first-order valence-electron chi connectivity index (χ1n) is 3.13. The Morgan fingerprint density at radius 1 is 2.00 bits per heavy atom. The molecule has 0 heterocycles. The van der Waals surface area contributed by atoms with E-state index in [1.807, 2.05) is 5.92 Å². The number of ether oxygens (including phenoxy) is 1. The van der Waals surface area contributed by atoms with Gasteiger partial charge in [0.15, 0.2) is 0 Å². The molecule has 0 aromatic rings. The maximum atomic E-state index is 10.6. The monoisotopic (exact) mass is 153 g/mol. The fourth-order valence-electron chi connectivity index (χ4n) is 0.558. The van der Waals surface area contributed by atoms with E-state index >= 15 is 0 Å². The maximum absolute atomic E-state index is 10.6. The van der Waals surface area contributed by atoms with Gasteiger partial charge in [0.2, 0.25) is 0 Å². The van der Waals surface area contributed by atoms with Gasteiger partial charge in [0.25, 0.3) is 5.91 Å². The van der Waals surface area contributed by atoms with Crippen LogP contribution in [0.3, 0.4) is 0 Å². The van der Waals surface area contributed by atoms with E-state index in [-0.39, 0.29) is 6.04 Å². The molecule has 0 bridgehead atoms. The summed E-state index contributed by atoms with van der Waals surface area (Å²) in [6, 6.07) is -0.205. The number of nitrogens with one attached hydrogen (secondary N) is 1. The minimum absolute atomic E-state index is 0.205. The van der Waals surface area contributed by atoms with E-state index in [1.165, 1.54) is 0 Å². The molecule has 0 saturated carbocycles. The maximum Gasteiger partial charge on any atom is 0.296 e. The molecule has 0 rings (SSSR count). The Balaban J connectivity index is 3.79. The Bertz CT molecular complexity index is 181. The third kappa shape index (κ3) is 4.18. The van der Waals surface area contributed by atoms with Crippen LogP contribution in [0.15, 0.2) is 12.7 Å². The summed E-state index contributed by atoms with van der Waals surface area (Å²) >= 11 is 0. The van der Waals surface area contributed by atoms with E-state index in [9.17, 15) is 4.79 Å². The lowest BCUT2D eigenvalue weighted by atomic mass is 10.3. The Morgan fingerprint density at radius 2 is 2.64 bits per heavy atom. The van der Waals surface area contributed by atoms with Crippen molar-refractivity contribution in [3.8, 4) is 12.3 Å². The molecule has 0 aliphatic rings. The molecule has 1 N–H and O–H groups in total. The fraction of sp³-hybridized carbons (Fsp3) is 0.375. The van der Waals surface area contributed by atoms with Crippen LogP contribution >= 0.6 is 0 Å². The molecule has 1 atom stereocenters. The summed E-state index contributed by atoms with van der Waals surface area (Å²) in [6.45, 7) is 3.89. The summed E-state index contributed by atoms with van der Waals surface area (Å²) in [4.78, 5) is 10.6. The summed E-state index contributed by atoms with van der Waals surface area (Å²) in [5.41, 5.74) is 0. The van der Waals surface area contributed by atoms with Crippen LogP contribution in [0, 0.1) is 12.3 Å². The zero-order valence-corrected chi connectivity index (χ0v) is 6.46. The van der Waals surface area contributed by atoms with Crippen LogP contribution in [0.1, 0.15) is 0 Å². The number of rotatable bonds is 4. The van der Waals surface area contributed by atoms with Crippen molar-refractivity contribution in [1.29, 1.82) is 0 Å². The number of hydrogen-bond acceptors (Lipinski definition) is 2. The molecule has 1 unspecified atom stereocenters. The summed E-state index contributed by atoms with van der Waals surface area (Å²) in [5, 5.41) is 2.50. The van der Waals surface area contributed by atoms with E-state index in [1.54, 1.807) is 13.2 Å². The molecule has 0 aliphatic carbocycles. The molecule has 0 radical (unpaired) electrons. The Kier molecular flexibility index (Phi) is 4.87. The molecular weight excluding hydrogens is 142 g/mol. The number of amides is 1. The van der Waals surface area contributed by atoms with Crippen LogP contribution in [0.2, 0.25) is 0 Å². The van der Waals surface area contributed by atoms with E-state index in [0.717, 1.165) is 0 Å². The Hall–Kier alpha value is -1.27. The smallest absolute Gasteiger partial charge is 0.296 e. The van der Waals surface area contributed by atoms with Crippen LogP contribution in [-0.4, -0.2) is 25.7 Å². The van der Waals surface area contributed by atoms with Crippen molar-refractivity contribution in [2.75, 3.05) is 13.7 Å². The first-order chi connectivity index (χ1) is 5.24. The summed E-state index contributed by atoms with van der Waals surface area (Å²) in [7, 11) is 1.54. The van der Waals surface area contributed by atoms with Crippen molar-refractivity contribution < 1.29 is 9.53 Å². The van der Waals surface area contributed by atoms with Gasteiger partial charge in [-0.1, -0.05) is 6.08 Å². The van der Waals surface area contributed by atoms with E-state index < -0.39 is 5.91 Å². The third-order valence-electron chi connectivity index (χ3n) is 1.08. The van der Waals surface area contributed by atoms with Crippen LogP contribution in [0.25, 0.3) is 0 Å². The first-order valence-corrected chi connectivity index (χ1v) is 3.13. The minimum atomic E-state index is -0.452. The lowest BCUT2D eigenvalue weighted by molar-refractivity contribution is -0.116. The second-order valence-electron chi connectivity index (χ2n) is 1.92. The Labute approximate surface area is 66.4 Å². The van der Waals surface area contributed by atoms with Crippen molar-refractivity contribution >= 4 is 5.91 Å². The van der Waals surface area contributed by atoms with Gasteiger partial charge in [-0.3, -0.25) is 4.79 Å². The van der Waals surface area contributed by atoms with Gasteiger partial charge >= 0.3 is 0 Å². The largest absolute Gasteiger partial charge is 0.382 e. The second kappa shape index (κ2) is 5.51. The molecule has 0 aromatic heterocycles. The number of hydrogen-bond donors (Lipinski definition) is 1. The average Bonchev–Trinajstić information content (AvgIpc) is 2.03. The number of carbonyl (C=O) groups is 1. The number of methoxy groups -OCH3 is 1. The Morgan fingerprint density at radius 3 is 3.00 bits per heavy atom. The lowest BCUT2D eigenvalue weighted by Gasteiger charge is -2.10. The predicted octanol–water partition coefficient (Wildman–Crippen LogP) is -0.0632. The topological polar surface area (TPSA) is 38.3 Å². The van der Waals surface area contributed by atoms with Crippen molar-refractivity contribution in [2.45, 2.75) is 6.04 Å². The van der Waals surface area contributed by atoms with Crippen molar-refractivity contribution in [2.24, 2.45) is 0 Å². The quantitative estimate of drug-likeness (QED) is 0.454. The third-order valence-corrected chi connectivity index (χ3v) is 1.08. The van der Waals surface area contributed by atoms with Gasteiger partial charge in [0.1, 0.15) is 0 Å². The standard InChI is InChI=1S/C8H11NO2/c1-4-7(6-11-3)9-8(10)5-2/h2,4,7H,1,6H2,3H3,(H,9,10). The molecule has 1 amide bonds. The van der Waals surface area contributed by atoms with Crippen LogP contribution in [-0.2, 0) is 9.53 Å². The molecule has 0 fully saturated rings. The predicted molar refractivity (Wildman–Crippen MR) is 42.8 cm³/mol. The molecule has 0 spiro atoms. The normalized spacial score (nSPS) is 11.3. The van der Waals surface area contributed by atoms with E-state index in [0.29, 0.717) is 6.61 Å². The van der Waals surface area contributed by atoms with Gasteiger partial charge < -0.3 is 10.1 Å². The summed E-state index contributed by atoms with van der Waals surface area (Å²) < 4.78 is 4.79. The van der Waals surface area contributed by atoms with Gasteiger partial charge in [-0.2, -0.15) is 0 Å². The lowest BCUT2D eigenvalue weighted by Crippen LogP contribution is -2.35. The highest BCUT2D eigenvalue weighted by Crippen LogP contribution is 1.84. The highest BCUT2D eigenvalue weighted by atomic mass is 16.5. The van der Waals surface area contributed by atoms with Gasteiger partial charge in [0, 0.05) is 7.11 Å². The van der Waals surface area contributed by atoms with Gasteiger partial charge in [0.05, 0.1) is 12.6 Å². The van der Waals surface area contributed by atoms with Gasteiger partial charge in [-0.15, -0.1) is 13.0 Å². The average molecular weight is 153 g/mol. The second-order valence-corrected chi connectivity index (χ2v) is 1.92. The molecule has 3 nitrogen and oxygen atoms in total. The highest BCUT2D eigenvalue weighted by molar-refractivity contribution is 5.93. The first kappa shape index (κ1) is 9.73. The van der Waals surface area contributed by atoms with Crippen LogP contribution < -0.4 is 5.32 Å². The van der Waals surface area contributed by atoms with Crippen molar-refractivity contribution in [3.63, 3.8) is 0 Å². The molecule has 3 heteroatoms. The van der Waals surface area contributed by atoms with E-state index in [2.05, 4.69) is 11.9 Å².